The van der Waals surface area contributed by atoms with Crippen LogP contribution in [0, 0.1) is 11.3 Å². The topological polar surface area (TPSA) is 67.2 Å². The molecule has 1 aliphatic rings. The number of allylic oxidation sites excluding steroid dienone is 2. The summed E-state index contributed by atoms with van der Waals surface area (Å²) in [4.78, 5) is 0. The van der Waals surface area contributed by atoms with Crippen LogP contribution in [0.4, 0.5) is 13.2 Å². The molecule has 0 aliphatic heterocycles. The molecule has 15 heavy (non-hydrogen) atoms. The third-order valence-electron chi connectivity index (χ3n) is 1.80. The van der Waals surface area contributed by atoms with Crippen molar-refractivity contribution in [2.45, 2.75) is 24.8 Å². The van der Waals surface area contributed by atoms with Gasteiger partial charge in [0, 0.05) is 6.42 Å². The molecule has 0 fully saturated rings. The van der Waals surface area contributed by atoms with E-state index in [1.165, 1.54) is 0 Å². The molecule has 1 rings (SSSR count). The minimum atomic E-state index is -5.63. The average molecular weight is 241 g/mol. The van der Waals surface area contributed by atoms with Crippen molar-refractivity contribution < 1.29 is 25.8 Å². The van der Waals surface area contributed by atoms with E-state index in [9.17, 15) is 21.6 Å². The lowest BCUT2D eigenvalue weighted by Crippen LogP contribution is -2.25. The third-order valence-corrected chi connectivity index (χ3v) is 2.78. The van der Waals surface area contributed by atoms with E-state index in [1.807, 2.05) is 0 Å². The Morgan fingerprint density at radius 3 is 2.40 bits per heavy atom. The Labute approximate surface area is 84.1 Å². The molecule has 0 N–H and O–H groups in total. The van der Waals surface area contributed by atoms with E-state index in [4.69, 9.17) is 5.26 Å². The molecule has 0 atom stereocenters. The van der Waals surface area contributed by atoms with E-state index in [1.54, 1.807) is 6.07 Å². The highest BCUT2D eigenvalue weighted by Crippen LogP contribution is 2.32. The molecule has 0 unspecified atom stereocenters. The second-order valence-electron chi connectivity index (χ2n) is 2.85. The van der Waals surface area contributed by atoms with E-state index >= 15 is 0 Å². The molecule has 0 radical (unpaired) electrons. The van der Waals surface area contributed by atoms with Gasteiger partial charge in [-0.25, -0.2) is 0 Å². The quantitative estimate of drug-likeness (QED) is 0.546. The Hall–Kier alpha value is -1.23. The van der Waals surface area contributed by atoms with Crippen molar-refractivity contribution in [3.63, 3.8) is 0 Å². The van der Waals surface area contributed by atoms with Crippen LogP contribution in [0.2, 0.25) is 0 Å². The van der Waals surface area contributed by atoms with E-state index in [0.717, 1.165) is 0 Å². The molecule has 0 saturated carbocycles. The zero-order valence-electron chi connectivity index (χ0n) is 7.34. The summed E-state index contributed by atoms with van der Waals surface area (Å²) >= 11 is 0. The van der Waals surface area contributed by atoms with Gasteiger partial charge in [0.2, 0.25) is 0 Å². The number of hydrogen-bond acceptors (Lipinski definition) is 4. The van der Waals surface area contributed by atoms with Crippen LogP contribution in [0.15, 0.2) is 11.3 Å². The maximum absolute atomic E-state index is 11.9. The van der Waals surface area contributed by atoms with Crippen molar-refractivity contribution in [2.24, 2.45) is 0 Å². The maximum atomic E-state index is 11.9. The fraction of sp³-hybridized carbons (Fsp3) is 0.571. The number of rotatable bonds is 2. The largest absolute Gasteiger partial charge is 0.534 e. The molecule has 0 bridgehead atoms. The Morgan fingerprint density at radius 2 is 1.93 bits per heavy atom. The standard InChI is InChI=1S/C7H6F3NO3S/c8-7(9,10)15(12,13)14-6-3-1-2-5(6)4-11/h1-3H2. The van der Waals surface area contributed by atoms with E-state index in [0.29, 0.717) is 6.42 Å². The summed E-state index contributed by atoms with van der Waals surface area (Å²) < 4.78 is 60.7. The van der Waals surface area contributed by atoms with Gasteiger partial charge in [0.15, 0.2) is 0 Å². The molecule has 84 valence electrons. The Balaban J connectivity index is 2.94. The van der Waals surface area contributed by atoms with Gasteiger partial charge in [0.05, 0.1) is 11.6 Å². The highest BCUT2D eigenvalue weighted by Gasteiger charge is 2.49. The van der Waals surface area contributed by atoms with Crippen molar-refractivity contribution in [1.29, 1.82) is 5.26 Å². The SMILES string of the molecule is N#CC1=C(OS(=O)(=O)C(F)(F)F)CCC1. The predicted molar refractivity (Wildman–Crippen MR) is 42.5 cm³/mol. The Bertz CT molecular complexity index is 429. The zero-order valence-corrected chi connectivity index (χ0v) is 8.15. The monoisotopic (exact) mass is 241 g/mol. The highest BCUT2D eigenvalue weighted by atomic mass is 32.2. The minimum absolute atomic E-state index is 0.0391. The van der Waals surface area contributed by atoms with E-state index < -0.39 is 21.4 Å². The van der Waals surface area contributed by atoms with E-state index in [-0.39, 0.29) is 18.4 Å². The van der Waals surface area contributed by atoms with Gasteiger partial charge in [0.1, 0.15) is 5.76 Å². The molecule has 0 aromatic rings. The van der Waals surface area contributed by atoms with Crippen LogP contribution < -0.4 is 0 Å². The number of nitrogens with zero attached hydrogens (tertiary/aromatic N) is 1. The summed E-state index contributed by atoms with van der Waals surface area (Å²) in [5.41, 5.74) is -5.49. The fourth-order valence-electron chi connectivity index (χ4n) is 1.11. The molecular weight excluding hydrogens is 235 g/mol. The second-order valence-corrected chi connectivity index (χ2v) is 4.39. The normalized spacial score (nSPS) is 17.7. The highest BCUT2D eigenvalue weighted by molar-refractivity contribution is 7.87. The number of alkyl halides is 3. The summed E-state index contributed by atoms with van der Waals surface area (Å²) in [6.07, 6.45) is 0.711. The van der Waals surface area contributed by atoms with Gasteiger partial charge in [-0.05, 0) is 12.8 Å². The Kier molecular flexibility index (Phi) is 2.95. The molecule has 0 amide bonds. The van der Waals surface area contributed by atoms with Crippen LogP contribution in [0.5, 0.6) is 0 Å². The smallest absolute Gasteiger partial charge is 0.380 e. The van der Waals surface area contributed by atoms with Crippen molar-refractivity contribution in [1.82, 2.24) is 0 Å². The summed E-state index contributed by atoms with van der Waals surface area (Å²) in [6, 6.07) is 1.61. The first-order valence-corrected chi connectivity index (χ1v) is 5.31. The summed E-state index contributed by atoms with van der Waals surface area (Å²) in [5.74, 6) is -0.394. The van der Waals surface area contributed by atoms with Crippen LogP contribution in [0.3, 0.4) is 0 Å². The van der Waals surface area contributed by atoms with Crippen molar-refractivity contribution in [2.75, 3.05) is 0 Å². The van der Waals surface area contributed by atoms with Crippen LogP contribution in [-0.4, -0.2) is 13.9 Å². The van der Waals surface area contributed by atoms with Crippen molar-refractivity contribution in [3.05, 3.63) is 11.3 Å². The molecule has 1 aliphatic carbocycles. The molecule has 0 aromatic carbocycles. The molecule has 8 heteroatoms. The molecule has 0 heterocycles. The summed E-state index contributed by atoms with van der Waals surface area (Å²) in [5, 5.41) is 8.47. The van der Waals surface area contributed by atoms with Gasteiger partial charge >= 0.3 is 15.6 Å². The number of hydrogen-bond donors (Lipinski definition) is 0. The lowest BCUT2D eigenvalue weighted by atomic mass is 10.3. The second kappa shape index (κ2) is 3.73. The predicted octanol–water partition coefficient (Wildman–Crippen LogP) is 1.81. The lowest BCUT2D eigenvalue weighted by Gasteiger charge is -2.09. The van der Waals surface area contributed by atoms with Gasteiger partial charge in [-0.1, -0.05) is 0 Å². The third kappa shape index (κ3) is 2.41. The minimum Gasteiger partial charge on any atom is -0.380 e. The lowest BCUT2D eigenvalue weighted by molar-refractivity contribution is -0.0523. The van der Waals surface area contributed by atoms with E-state index in [2.05, 4.69) is 4.18 Å². The van der Waals surface area contributed by atoms with Gasteiger partial charge in [0.25, 0.3) is 0 Å². The van der Waals surface area contributed by atoms with Gasteiger partial charge in [-0.15, -0.1) is 0 Å². The number of halogens is 3. The molecule has 0 spiro atoms. The van der Waals surface area contributed by atoms with Crippen LogP contribution in [0.1, 0.15) is 19.3 Å². The van der Waals surface area contributed by atoms with Gasteiger partial charge in [-0.2, -0.15) is 26.9 Å². The van der Waals surface area contributed by atoms with Gasteiger partial charge < -0.3 is 4.18 Å². The first-order valence-electron chi connectivity index (χ1n) is 3.91. The molecule has 4 nitrogen and oxygen atoms in total. The average Bonchev–Trinajstić information content (AvgIpc) is 2.48. The van der Waals surface area contributed by atoms with Crippen molar-refractivity contribution in [3.8, 4) is 6.07 Å². The Morgan fingerprint density at radius 1 is 1.33 bits per heavy atom. The zero-order chi connectivity index (χ0) is 11.7. The van der Waals surface area contributed by atoms with Crippen LogP contribution >= 0.6 is 0 Å². The van der Waals surface area contributed by atoms with Crippen LogP contribution in [0.25, 0.3) is 0 Å². The number of nitriles is 1. The fourth-order valence-corrected chi connectivity index (χ4v) is 1.65. The van der Waals surface area contributed by atoms with Crippen molar-refractivity contribution >= 4 is 10.1 Å². The molecule has 0 aromatic heterocycles. The summed E-state index contributed by atoms with van der Waals surface area (Å²) in [6.45, 7) is 0. The molecular formula is C7H6F3NO3S. The van der Waals surface area contributed by atoms with Crippen LogP contribution in [-0.2, 0) is 14.3 Å². The first-order chi connectivity index (χ1) is 6.78. The molecule has 0 saturated heterocycles. The maximum Gasteiger partial charge on any atom is 0.534 e. The van der Waals surface area contributed by atoms with Gasteiger partial charge in [-0.3, -0.25) is 0 Å². The summed E-state index contributed by atoms with van der Waals surface area (Å²) in [7, 11) is -5.63. The first kappa shape index (κ1) is 11.8.